The molecule has 4 nitrogen and oxygen atoms in total. The molecule has 42 heavy (non-hydrogen) atoms. The van der Waals surface area contributed by atoms with Crippen molar-refractivity contribution in [2.45, 2.75) is 116 Å². The zero-order valence-corrected chi connectivity index (χ0v) is 26.7. The SMILES string of the molecule is Nc1c2c([n+](CCCCCCCCCC[n+]3c4c(c(N)c5ccccc53)CCCC4)c3ccccc13)CCCC2.[Cl-].[Cl-]. The minimum atomic E-state index is 0. The first-order valence-corrected chi connectivity index (χ1v) is 16.2. The molecule has 0 saturated heterocycles. The van der Waals surface area contributed by atoms with Crippen LogP contribution in [0.3, 0.4) is 0 Å². The highest BCUT2D eigenvalue weighted by Gasteiger charge is 2.27. The predicted molar refractivity (Wildman–Crippen MR) is 167 cm³/mol. The van der Waals surface area contributed by atoms with E-state index in [4.69, 9.17) is 11.5 Å². The molecule has 0 aliphatic heterocycles. The van der Waals surface area contributed by atoms with E-state index < -0.39 is 0 Å². The molecule has 2 aromatic carbocycles. The smallest absolute Gasteiger partial charge is 0.214 e. The normalized spacial score (nSPS) is 14.2. The summed E-state index contributed by atoms with van der Waals surface area (Å²) in [6.07, 6.45) is 20.3. The van der Waals surface area contributed by atoms with Crippen LogP contribution in [0.2, 0.25) is 0 Å². The van der Waals surface area contributed by atoms with E-state index in [0.717, 1.165) is 37.3 Å². The molecule has 0 amide bonds. The molecule has 6 rings (SSSR count). The van der Waals surface area contributed by atoms with Gasteiger partial charge in [0.1, 0.15) is 13.1 Å². The molecule has 2 aromatic heterocycles. The summed E-state index contributed by atoms with van der Waals surface area (Å²) in [6, 6.07) is 17.5. The zero-order valence-electron chi connectivity index (χ0n) is 25.2. The predicted octanol–water partition coefficient (Wildman–Crippen LogP) is 1.32. The van der Waals surface area contributed by atoms with Crippen molar-refractivity contribution in [3.63, 3.8) is 0 Å². The van der Waals surface area contributed by atoms with E-state index in [9.17, 15) is 0 Å². The Kier molecular flexibility index (Phi) is 11.7. The van der Waals surface area contributed by atoms with E-state index in [1.54, 1.807) is 0 Å². The lowest BCUT2D eigenvalue weighted by molar-refractivity contribution is -0.680. The van der Waals surface area contributed by atoms with Gasteiger partial charge in [-0.15, -0.1) is 0 Å². The van der Waals surface area contributed by atoms with Crippen LogP contribution in [0.1, 0.15) is 99.6 Å². The molecule has 0 atom stereocenters. The van der Waals surface area contributed by atoms with Gasteiger partial charge >= 0.3 is 0 Å². The number of rotatable bonds is 11. The van der Waals surface area contributed by atoms with Gasteiger partial charge < -0.3 is 36.3 Å². The van der Waals surface area contributed by atoms with Crippen molar-refractivity contribution in [3.05, 3.63) is 71.0 Å². The van der Waals surface area contributed by atoms with Crippen LogP contribution >= 0.6 is 0 Å². The average Bonchev–Trinajstić information content (AvgIpc) is 3.01. The van der Waals surface area contributed by atoms with Crippen LogP contribution in [-0.2, 0) is 38.8 Å². The molecular weight excluding hydrogens is 559 g/mol. The van der Waals surface area contributed by atoms with Gasteiger partial charge in [0.15, 0.2) is 11.4 Å². The molecule has 2 aliphatic rings. The number of para-hydroxylation sites is 2. The van der Waals surface area contributed by atoms with E-state index in [1.807, 2.05) is 0 Å². The minimum Gasteiger partial charge on any atom is -1.00 e. The highest BCUT2D eigenvalue weighted by Crippen LogP contribution is 2.31. The Balaban J connectivity index is 0.00000202. The second-order valence-electron chi connectivity index (χ2n) is 12.3. The maximum absolute atomic E-state index is 6.63. The topological polar surface area (TPSA) is 59.8 Å². The van der Waals surface area contributed by atoms with Gasteiger partial charge in [0, 0.05) is 48.9 Å². The minimum absolute atomic E-state index is 0. The summed E-state index contributed by atoms with van der Waals surface area (Å²) < 4.78 is 5.22. The summed E-state index contributed by atoms with van der Waals surface area (Å²) in [6.45, 7) is 2.25. The third-order valence-corrected chi connectivity index (χ3v) is 9.66. The van der Waals surface area contributed by atoms with Crippen LogP contribution in [0.25, 0.3) is 21.8 Å². The van der Waals surface area contributed by atoms with Gasteiger partial charge in [0.05, 0.1) is 22.1 Å². The first kappa shape index (κ1) is 32.4. The Morgan fingerprint density at radius 2 is 0.833 bits per heavy atom. The van der Waals surface area contributed by atoms with Crippen LogP contribution in [-0.4, -0.2) is 0 Å². The largest absolute Gasteiger partial charge is 1.00 e. The lowest BCUT2D eigenvalue weighted by Gasteiger charge is -2.19. The Morgan fingerprint density at radius 1 is 0.476 bits per heavy atom. The van der Waals surface area contributed by atoms with Gasteiger partial charge in [0.2, 0.25) is 11.0 Å². The number of aryl methyl sites for hydroxylation is 2. The summed E-state index contributed by atoms with van der Waals surface area (Å²) >= 11 is 0. The molecule has 2 aliphatic carbocycles. The van der Waals surface area contributed by atoms with Gasteiger partial charge in [-0.2, -0.15) is 9.13 Å². The number of aromatic nitrogens is 2. The lowest BCUT2D eigenvalue weighted by Crippen LogP contribution is -3.00. The molecule has 2 heterocycles. The maximum atomic E-state index is 6.63. The van der Waals surface area contributed by atoms with Crippen molar-refractivity contribution in [1.82, 2.24) is 0 Å². The lowest BCUT2D eigenvalue weighted by atomic mass is 9.92. The van der Waals surface area contributed by atoms with Crippen molar-refractivity contribution in [2.75, 3.05) is 11.5 Å². The number of anilines is 2. The number of hydrogen-bond acceptors (Lipinski definition) is 2. The number of pyridine rings is 2. The van der Waals surface area contributed by atoms with Crippen molar-refractivity contribution >= 4 is 33.2 Å². The summed E-state index contributed by atoms with van der Waals surface area (Å²) in [5.74, 6) is 0. The highest BCUT2D eigenvalue weighted by molar-refractivity contribution is 5.90. The number of halogens is 2. The molecule has 0 unspecified atom stereocenters. The summed E-state index contributed by atoms with van der Waals surface area (Å²) in [7, 11) is 0. The Labute approximate surface area is 264 Å². The second kappa shape index (κ2) is 15.3. The summed E-state index contributed by atoms with van der Waals surface area (Å²) in [5.41, 5.74) is 23.8. The third kappa shape index (κ3) is 6.65. The van der Waals surface area contributed by atoms with Crippen LogP contribution in [0, 0.1) is 0 Å². The van der Waals surface area contributed by atoms with Gasteiger partial charge in [0.25, 0.3) is 0 Å². The molecule has 226 valence electrons. The summed E-state index contributed by atoms with van der Waals surface area (Å²) in [5, 5.41) is 2.49. The fraction of sp³-hybridized carbons (Fsp3) is 0.500. The van der Waals surface area contributed by atoms with Crippen molar-refractivity contribution in [3.8, 4) is 0 Å². The van der Waals surface area contributed by atoms with Crippen molar-refractivity contribution < 1.29 is 33.9 Å². The highest BCUT2D eigenvalue weighted by atomic mass is 35.5. The van der Waals surface area contributed by atoms with E-state index >= 15 is 0 Å². The molecule has 0 fully saturated rings. The molecule has 4 aromatic rings. The van der Waals surface area contributed by atoms with Gasteiger partial charge in [-0.05, 0) is 63.5 Å². The van der Waals surface area contributed by atoms with E-state index in [0.29, 0.717) is 0 Å². The van der Waals surface area contributed by atoms with E-state index in [1.165, 1.54) is 134 Å². The number of nitrogens with zero attached hydrogens (tertiary/aromatic N) is 2. The van der Waals surface area contributed by atoms with Crippen LogP contribution in [0.4, 0.5) is 11.4 Å². The average molecular weight is 608 g/mol. The summed E-state index contributed by atoms with van der Waals surface area (Å²) in [4.78, 5) is 0. The number of benzene rings is 2. The van der Waals surface area contributed by atoms with Crippen molar-refractivity contribution in [1.29, 1.82) is 0 Å². The molecule has 0 radical (unpaired) electrons. The fourth-order valence-corrected chi connectivity index (χ4v) is 7.56. The van der Waals surface area contributed by atoms with Crippen LogP contribution < -0.4 is 45.4 Å². The van der Waals surface area contributed by atoms with Crippen molar-refractivity contribution in [2.24, 2.45) is 0 Å². The number of nitrogen functional groups attached to an aromatic ring is 2. The monoisotopic (exact) mass is 606 g/mol. The maximum Gasteiger partial charge on any atom is 0.214 e. The standard InChI is InChI=1S/C36H46N4.2ClH/c37-35-27-17-7-11-21-31(27)39(32-22-12-8-18-28(32)35)25-15-5-3-1-2-4-6-16-26-40-33-23-13-9-19-29(33)36(38)30-20-10-14-24-34(30)40;;/h7,9,11,13,17,19,21,23,37-38H,1-6,8,10,12,14-16,18,20,22,24-26H2;2*1H. The van der Waals surface area contributed by atoms with Gasteiger partial charge in [-0.1, -0.05) is 49.9 Å². The molecule has 0 spiro atoms. The quantitative estimate of drug-likeness (QED) is 0.200. The molecule has 4 N–H and O–H groups in total. The second-order valence-corrected chi connectivity index (χ2v) is 12.3. The zero-order chi connectivity index (χ0) is 27.3. The molecule has 0 bridgehead atoms. The first-order chi connectivity index (χ1) is 19.7. The molecular formula is C36H48Cl2N4. The Morgan fingerprint density at radius 3 is 1.26 bits per heavy atom. The number of hydrogen-bond donors (Lipinski definition) is 2. The number of fused-ring (bicyclic) bond motifs is 4. The number of unbranched alkanes of at least 4 members (excludes halogenated alkanes) is 7. The Hall–Kier alpha value is -2.56. The Bertz CT molecular complexity index is 1390. The molecule has 6 heteroatoms. The van der Waals surface area contributed by atoms with E-state index in [2.05, 4.69) is 57.7 Å². The van der Waals surface area contributed by atoms with Crippen LogP contribution in [0.15, 0.2) is 48.5 Å². The van der Waals surface area contributed by atoms with Crippen LogP contribution in [0.5, 0.6) is 0 Å². The number of nitrogens with two attached hydrogens (primary N) is 2. The van der Waals surface area contributed by atoms with Gasteiger partial charge in [-0.3, -0.25) is 0 Å². The molecule has 0 saturated carbocycles. The first-order valence-electron chi connectivity index (χ1n) is 16.2. The third-order valence-electron chi connectivity index (χ3n) is 9.66. The van der Waals surface area contributed by atoms with E-state index in [-0.39, 0.29) is 24.8 Å². The van der Waals surface area contributed by atoms with Gasteiger partial charge in [-0.25, -0.2) is 0 Å². The fourth-order valence-electron chi connectivity index (χ4n) is 7.56.